The van der Waals surface area contributed by atoms with Gasteiger partial charge in [-0.05, 0) is 29.8 Å². The highest BCUT2D eigenvalue weighted by Gasteiger charge is 2.08. The molecule has 0 aliphatic carbocycles. The first-order valence-electron chi connectivity index (χ1n) is 6.29. The van der Waals surface area contributed by atoms with Gasteiger partial charge in [-0.3, -0.25) is 0 Å². The maximum Gasteiger partial charge on any atom is 0.183 e. The van der Waals surface area contributed by atoms with Crippen molar-refractivity contribution in [1.82, 2.24) is 0 Å². The van der Waals surface area contributed by atoms with Crippen molar-refractivity contribution in [3.05, 3.63) is 59.7 Å². The van der Waals surface area contributed by atoms with Crippen LogP contribution in [0.25, 0.3) is 0 Å². The summed E-state index contributed by atoms with van der Waals surface area (Å²) >= 11 is 1.73. The molecule has 3 nitrogen and oxygen atoms in total. The molecule has 0 spiro atoms. The zero-order valence-electron chi connectivity index (χ0n) is 11.6. The molecule has 2 aromatic rings. The number of thioether (sulfide) groups is 1. The zero-order valence-corrected chi connectivity index (χ0v) is 12.4. The summed E-state index contributed by atoms with van der Waals surface area (Å²) in [5, 5.41) is 9.42. The van der Waals surface area contributed by atoms with E-state index in [1.807, 2.05) is 36.4 Å². The van der Waals surface area contributed by atoms with E-state index in [0.717, 1.165) is 16.9 Å². The van der Waals surface area contributed by atoms with Gasteiger partial charge in [0.25, 0.3) is 0 Å². The van der Waals surface area contributed by atoms with Gasteiger partial charge < -0.3 is 14.6 Å². The molecule has 2 aromatic carbocycles. The van der Waals surface area contributed by atoms with Crippen molar-refractivity contribution in [3.8, 4) is 5.75 Å². The van der Waals surface area contributed by atoms with Crippen LogP contribution in [0.2, 0.25) is 0 Å². The molecule has 0 fully saturated rings. The molecule has 0 bridgehead atoms. The van der Waals surface area contributed by atoms with Crippen LogP contribution >= 0.6 is 11.8 Å². The Morgan fingerprint density at radius 3 is 2.35 bits per heavy atom. The first kappa shape index (κ1) is 14.9. The van der Waals surface area contributed by atoms with Crippen LogP contribution in [0.4, 0.5) is 0 Å². The van der Waals surface area contributed by atoms with Gasteiger partial charge >= 0.3 is 0 Å². The van der Waals surface area contributed by atoms with Gasteiger partial charge in [0.05, 0.1) is 0 Å². The number of ether oxygens (including phenoxy) is 2. The molecule has 0 aromatic heterocycles. The standard InChI is InChI=1S/C16H18O3S/c1-18-16(19-2)13-6-8-15(9-7-13)20-11-12-4-3-5-14(17)10-12/h3-10,16-17H,11H2,1-2H3. The number of phenols is 1. The van der Waals surface area contributed by atoms with Gasteiger partial charge in [0.1, 0.15) is 5.75 Å². The molecule has 0 unspecified atom stereocenters. The lowest BCUT2D eigenvalue weighted by molar-refractivity contribution is -0.106. The minimum absolute atomic E-state index is 0.307. The second kappa shape index (κ2) is 7.33. The van der Waals surface area contributed by atoms with E-state index in [9.17, 15) is 5.11 Å². The van der Waals surface area contributed by atoms with Crippen molar-refractivity contribution in [1.29, 1.82) is 0 Å². The van der Waals surface area contributed by atoms with E-state index in [1.54, 1.807) is 38.1 Å². The topological polar surface area (TPSA) is 38.7 Å². The SMILES string of the molecule is COC(OC)c1ccc(SCc2cccc(O)c2)cc1. The van der Waals surface area contributed by atoms with Crippen LogP contribution in [0, 0.1) is 0 Å². The highest BCUT2D eigenvalue weighted by molar-refractivity contribution is 7.98. The Bertz CT molecular complexity index is 536. The summed E-state index contributed by atoms with van der Waals surface area (Å²) < 4.78 is 10.4. The predicted molar refractivity (Wildman–Crippen MR) is 80.9 cm³/mol. The number of aromatic hydroxyl groups is 1. The lowest BCUT2D eigenvalue weighted by atomic mass is 10.2. The molecule has 4 heteroatoms. The third-order valence-electron chi connectivity index (χ3n) is 2.90. The van der Waals surface area contributed by atoms with E-state index >= 15 is 0 Å². The zero-order chi connectivity index (χ0) is 14.4. The largest absolute Gasteiger partial charge is 0.508 e. The van der Waals surface area contributed by atoms with Crippen LogP contribution in [0.3, 0.4) is 0 Å². The van der Waals surface area contributed by atoms with Gasteiger partial charge in [-0.2, -0.15) is 0 Å². The van der Waals surface area contributed by atoms with E-state index in [2.05, 4.69) is 0 Å². The third-order valence-corrected chi connectivity index (χ3v) is 3.98. The van der Waals surface area contributed by atoms with E-state index in [4.69, 9.17) is 9.47 Å². The number of benzene rings is 2. The van der Waals surface area contributed by atoms with Crippen LogP contribution < -0.4 is 0 Å². The molecule has 1 N–H and O–H groups in total. The van der Waals surface area contributed by atoms with Gasteiger partial charge in [0.15, 0.2) is 6.29 Å². The monoisotopic (exact) mass is 290 g/mol. The number of hydrogen-bond acceptors (Lipinski definition) is 4. The normalized spacial score (nSPS) is 10.9. The summed E-state index contributed by atoms with van der Waals surface area (Å²) in [6, 6.07) is 15.4. The molecule has 0 heterocycles. The first-order chi connectivity index (χ1) is 9.72. The Balaban J connectivity index is 1.97. The second-order valence-electron chi connectivity index (χ2n) is 4.33. The van der Waals surface area contributed by atoms with E-state index in [0.29, 0.717) is 5.75 Å². The molecular formula is C16H18O3S. The van der Waals surface area contributed by atoms with Crippen molar-refractivity contribution in [3.63, 3.8) is 0 Å². The molecule has 0 saturated carbocycles. The second-order valence-corrected chi connectivity index (χ2v) is 5.38. The molecule has 106 valence electrons. The minimum atomic E-state index is -0.319. The molecule has 0 saturated heterocycles. The van der Waals surface area contributed by atoms with Crippen LogP contribution in [-0.4, -0.2) is 19.3 Å². The van der Waals surface area contributed by atoms with Gasteiger partial charge in [-0.15, -0.1) is 11.8 Å². The van der Waals surface area contributed by atoms with E-state index < -0.39 is 0 Å². The Kier molecular flexibility index (Phi) is 5.47. The number of methoxy groups -OCH3 is 2. The average molecular weight is 290 g/mol. The van der Waals surface area contributed by atoms with Crippen molar-refractivity contribution in [2.24, 2.45) is 0 Å². The van der Waals surface area contributed by atoms with Gasteiger partial charge in [-0.1, -0.05) is 24.3 Å². The predicted octanol–water partition coefficient (Wildman–Crippen LogP) is 3.98. The number of hydrogen-bond donors (Lipinski definition) is 1. The van der Waals surface area contributed by atoms with Gasteiger partial charge in [-0.25, -0.2) is 0 Å². The maximum atomic E-state index is 9.42. The highest BCUT2D eigenvalue weighted by atomic mass is 32.2. The molecule has 0 amide bonds. The first-order valence-corrected chi connectivity index (χ1v) is 7.27. The summed E-state index contributed by atoms with van der Waals surface area (Å²) in [6.45, 7) is 0. The quantitative estimate of drug-likeness (QED) is 0.645. The summed E-state index contributed by atoms with van der Waals surface area (Å²) in [4.78, 5) is 1.17. The third kappa shape index (κ3) is 4.00. The summed E-state index contributed by atoms with van der Waals surface area (Å²) in [6.07, 6.45) is -0.319. The summed E-state index contributed by atoms with van der Waals surface area (Å²) in [5.41, 5.74) is 2.10. The maximum absolute atomic E-state index is 9.42. The smallest absolute Gasteiger partial charge is 0.183 e. The van der Waals surface area contributed by atoms with Crippen LogP contribution in [0.5, 0.6) is 5.75 Å². The van der Waals surface area contributed by atoms with Gasteiger partial charge in [0, 0.05) is 30.4 Å². The van der Waals surface area contributed by atoms with Crippen molar-refractivity contribution >= 4 is 11.8 Å². The molecule has 0 aliphatic rings. The molecular weight excluding hydrogens is 272 g/mol. The van der Waals surface area contributed by atoms with Crippen molar-refractivity contribution in [2.75, 3.05) is 14.2 Å². The minimum Gasteiger partial charge on any atom is -0.508 e. The fourth-order valence-electron chi connectivity index (χ4n) is 1.90. The summed E-state index contributed by atoms with van der Waals surface area (Å²) in [7, 11) is 3.25. The Hall–Kier alpha value is -1.49. The van der Waals surface area contributed by atoms with Crippen LogP contribution in [0.15, 0.2) is 53.4 Å². The van der Waals surface area contributed by atoms with Crippen LogP contribution in [0.1, 0.15) is 17.4 Å². The Morgan fingerprint density at radius 1 is 1.05 bits per heavy atom. The molecule has 0 atom stereocenters. The lowest BCUT2D eigenvalue weighted by Gasteiger charge is -2.13. The fourth-order valence-corrected chi connectivity index (χ4v) is 2.74. The Labute approximate surface area is 123 Å². The molecule has 0 aliphatic heterocycles. The summed E-state index contributed by atoms with van der Waals surface area (Å²) in [5.74, 6) is 1.13. The number of phenolic OH excluding ortho intramolecular Hbond substituents is 1. The lowest BCUT2D eigenvalue weighted by Crippen LogP contribution is -2.02. The average Bonchev–Trinajstić information content (AvgIpc) is 2.48. The van der Waals surface area contributed by atoms with Crippen molar-refractivity contribution in [2.45, 2.75) is 16.9 Å². The highest BCUT2D eigenvalue weighted by Crippen LogP contribution is 2.26. The van der Waals surface area contributed by atoms with Gasteiger partial charge in [0.2, 0.25) is 0 Å². The molecule has 0 radical (unpaired) electrons. The van der Waals surface area contributed by atoms with Crippen LogP contribution in [-0.2, 0) is 15.2 Å². The molecule has 20 heavy (non-hydrogen) atoms. The van der Waals surface area contributed by atoms with E-state index in [1.165, 1.54) is 4.90 Å². The Morgan fingerprint density at radius 2 is 1.75 bits per heavy atom. The fraction of sp³-hybridized carbons (Fsp3) is 0.250. The molecule has 2 rings (SSSR count). The van der Waals surface area contributed by atoms with Crippen molar-refractivity contribution < 1.29 is 14.6 Å². The number of rotatable bonds is 6. The van der Waals surface area contributed by atoms with E-state index in [-0.39, 0.29) is 6.29 Å².